The van der Waals surface area contributed by atoms with Crippen molar-refractivity contribution in [3.05, 3.63) is 69.5 Å². The monoisotopic (exact) mass is 391 g/mol. The fourth-order valence-corrected chi connectivity index (χ4v) is 3.18. The van der Waals surface area contributed by atoms with Crippen LogP contribution in [0.4, 0.5) is 0 Å². The van der Waals surface area contributed by atoms with Crippen LogP contribution in [0.15, 0.2) is 52.4 Å². The Bertz CT molecular complexity index is 1160. The fourth-order valence-electron chi connectivity index (χ4n) is 3.18. The van der Waals surface area contributed by atoms with Crippen LogP contribution >= 0.6 is 0 Å². The number of benzene rings is 2. The van der Waals surface area contributed by atoms with Crippen LogP contribution in [0.3, 0.4) is 0 Å². The number of carbonyl (C=O) groups is 1. The van der Waals surface area contributed by atoms with Gasteiger partial charge >= 0.3 is 0 Å². The molecule has 1 aromatic heterocycles. The van der Waals surface area contributed by atoms with E-state index < -0.39 is 0 Å². The molecule has 2 aromatic carbocycles. The van der Waals surface area contributed by atoms with E-state index in [1.807, 2.05) is 39.8 Å². The molecule has 0 aliphatic carbocycles. The highest BCUT2D eigenvalue weighted by Crippen LogP contribution is 2.26. The Balaban J connectivity index is 2.15. The zero-order chi connectivity index (χ0) is 21.1. The predicted molar refractivity (Wildman–Crippen MR) is 116 cm³/mol. The number of aromatic hydroxyl groups is 1. The lowest BCUT2D eigenvalue weighted by Gasteiger charge is -2.14. The van der Waals surface area contributed by atoms with Crippen LogP contribution in [0, 0.1) is 19.8 Å². The molecule has 0 spiro atoms. The third-order valence-corrected chi connectivity index (χ3v) is 4.83. The number of hydrogen-bond donors (Lipinski definition) is 2. The molecule has 0 saturated heterocycles. The molecule has 0 bridgehead atoms. The van der Waals surface area contributed by atoms with Gasteiger partial charge in [-0.2, -0.15) is 5.10 Å². The third kappa shape index (κ3) is 4.21. The Morgan fingerprint density at radius 2 is 1.83 bits per heavy atom. The number of carbonyl (C=O) groups excluding carboxylic acids is 1. The van der Waals surface area contributed by atoms with E-state index in [9.17, 15) is 14.7 Å². The third-order valence-electron chi connectivity index (χ3n) is 4.83. The summed E-state index contributed by atoms with van der Waals surface area (Å²) in [5, 5.41) is 16.0. The maximum Gasteiger partial charge on any atom is 0.265 e. The number of aromatic nitrogens is 1. The number of hydrazone groups is 1. The van der Waals surface area contributed by atoms with Gasteiger partial charge in [0.2, 0.25) is 11.8 Å². The van der Waals surface area contributed by atoms with E-state index in [1.54, 1.807) is 30.3 Å². The van der Waals surface area contributed by atoms with E-state index in [0.29, 0.717) is 28.4 Å². The van der Waals surface area contributed by atoms with Gasteiger partial charge in [0, 0.05) is 17.2 Å². The Morgan fingerprint density at radius 1 is 1.14 bits per heavy atom. The first-order valence-electron chi connectivity index (χ1n) is 9.56. The minimum atomic E-state index is -0.317. The van der Waals surface area contributed by atoms with E-state index in [2.05, 4.69) is 10.5 Å². The minimum absolute atomic E-state index is 0.206. The highest BCUT2D eigenvalue weighted by Gasteiger charge is 2.16. The molecule has 6 nitrogen and oxygen atoms in total. The SMILES string of the molecule is Cc1ccc(-n2c(O)c(/C=N/NC(=O)CC(C)C)c3ccccc3c2=O)cc1C. The van der Waals surface area contributed by atoms with Crippen LogP contribution in [0.1, 0.15) is 37.0 Å². The Hall–Kier alpha value is -3.41. The lowest BCUT2D eigenvalue weighted by atomic mass is 10.1. The first-order chi connectivity index (χ1) is 13.8. The molecule has 0 unspecified atom stereocenters. The van der Waals surface area contributed by atoms with Crippen LogP contribution < -0.4 is 11.0 Å². The molecule has 3 rings (SSSR count). The Morgan fingerprint density at radius 3 is 2.48 bits per heavy atom. The second kappa shape index (κ2) is 8.31. The van der Waals surface area contributed by atoms with Crippen molar-refractivity contribution in [2.45, 2.75) is 34.1 Å². The van der Waals surface area contributed by atoms with Crippen LogP contribution in [-0.2, 0) is 4.79 Å². The van der Waals surface area contributed by atoms with Crippen molar-refractivity contribution in [1.29, 1.82) is 0 Å². The zero-order valence-corrected chi connectivity index (χ0v) is 17.1. The first-order valence-corrected chi connectivity index (χ1v) is 9.56. The van der Waals surface area contributed by atoms with Gasteiger partial charge in [0.25, 0.3) is 5.56 Å². The Kier molecular flexibility index (Phi) is 5.82. The minimum Gasteiger partial charge on any atom is -0.494 e. The fraction of sp³-hybridized carbons (Fsp3) is 0.261. The van der Waals surface area contributed by atoms with Crippen LogP contribution in [-0.4, -0.2) is 21.8 Å². The highest BCUT2D eigenvalue weighted by molar-refractivity contribution is 6.02. The van der Waals surface area contributed by atoms with Gasteiger partial charge in [-0.1, -0.05) is 38.1 Å². The van der Waals surface area contributed by atoms with E-state index in [1.165, 1.54) is 10.8 Å². The summed E-state index contributed by atoms with van der Waals surface area (Å²) in [6, 6.07) is 12.6. The largest absolute Gasteiger partial charge is 0.494 e. The lowest BCUT2D eigenvalue weighted by Crippen LogP contribution is -2.21. The van der Waals surface area contributed by atoms with E-state index in [-0.39, 0.29) is 23.3 Å². The summed E-state index contributed by atoms with van der Waals surface area (Å²) in [7, 11) is 0. The molecule has 150 valence electrons. The summed E-state index contributed by atoms with van der Waals surface area (Å²) in [6.45, 7) is 7.83. The quantitative estimate of drug-likeness (QED) is 0.512. The van der Waals surface area contributed by atoms with Gasteiger partial charge in [-0.05, 0) is 49.1 Å². The van der Waals surface area contributed by atoms with Gasteiger partial charge in [-0.25, -0.2) is 9.99 Å². The maximum atomic E-state index is 13.1. The molecule has 6 heteroatoms. The van der Waals surface area contributed by atoms with Gasteiger partial charge in [0.15, 0.2) is 0 Å². The Labute approximate surface area is 169 Å². The molecule has 29 heavy (non-hydrogen) atoms. The predicted octanol–water partition coefficient (Wildman–Crippen LogP) is 3.81. The van der Waals surface area contributed by atoms with Crippen molar-refractivity contribution < 1.29 is 9.90 Å². The summed E-state index contributed by atoms with van der Waals surface area (Å²) in [6.07, 6.45) is 1.74. The van der Waals surface area contributed by atoms with E-state index >= 15 is 0 Å². The van der Waals surface area contributed by atoms with Crippen molar-refractivity contribution in [2.75, 3.05) is 0 Å². The van der Waals surface area contributed by atoms with Crippen LogP contribution in [0.2, 0.25) is 0 Å². The second-order valence-electron chi connectivity index (χ2n) is 7.58. The summed E-state index contributed by atoms with van der Waals surface area (Å²) in [5.41, 5.74) is 5.20. The standard InChI is InChI=1S/C23H25N3O3/c1-14(2)11-21(27)25-24-13-20-18-7-5-6-8-19(18)22(28)26(23(20)29)17-10-9-15(3)16(4)12-17/h5-10,12-14,29H,11H2,1-4H3,(H,25,27)/b24-13+. The van der Waals surface area contributed by atoms with Gasteiger partial charge in [-0.15, -0.1) is 0 Å². The number of hydrogen-bond acceptors (Lipinski definition) is 4. The normalized spacial score (nSPS) is 11.5. The number of amides is 1. The second-order valence-corrected chi connectivity index (χ2v) is 7.58. The maximum absolute atomic E-state index is 13.1. The van der Waals surface area contributed by atoms with Crippen molar-refractivity contribution >= 4 is 22.9 Å². The van der Waals surface area contributed by atoms with Gasteiger partial charge in [-0.3, -0.25) is 9.59 Å². The van der Waals surface area contributed by atoms with Crippen molar-refractivity contribution in [3.8, 4) is 11.6 Å². The molecular weight excluding hydrogens is 366 g/mol. The number of pyridine rings is 1. The van der Waals surface area contributed by atoms with Crippen molar-refractivity contribution in [1.82, 2.24) is 9.99 Å². The highest BCUT2D eigenvalue weighted by atomic mass is 16.3. The lowest BCUT2D eigenvalue weighted by molar-refractivity contribution is -0.121. The van der Waals surface area contributed by atoms with Gasteiger partial charge in [0.1, 0.15) is 0 Å². The molecule has 3 aromatic rings. The molecule has 0 fully saturated rings. The van der Waals surface area contributed by atoms with Gasteiger partial charge in [0.05, 0.1) is 17.5 Å². The molecule has 0 atom stereocenters. The van der Waals surface area contributed by atoms with Crippen molar-refractivity contribution in [2.24, 2.45) is 11.0 Å². The molecule has 1 heterocycles. The smallest absolute Gasteiger partial charge is 0.265 e. The summed E-state index contributed by atoms with van der Waals surface area (Å²) >= 11 is 0. The van der Waals surface area contributed by atoms with Crippen molar-refractivity contribution in [3.63, 3.8) is 0 Å². The summed E-state index contributed by atoms with van der Waals surface area (Å²) in [4.78, 5) is 25.0. The van der Waals surface area contributed by atoms with Crippen LogP contribution in [0.25, 0.3) is 16.5 Å². The topological polar surface area (TPSA) is 83.7 Å². The molecule has 0 radical (unpaired) electrons. The van der Waals surface area contributed by atoms with Gasteiger partial charge < -0.3 is 5.11 Å². The average molecular weight is 391 g/mol. The molecular formula is C23H25N3O3. The number of nitrogens with one attached hydrogen (secondary N) is 1. The number of nitrogens with zero attached hydrogens (tertiary/aromatic N) is 2. The summed E-state index contributed by atoms with van der Waals surface area (Å²) in [5.74, 6) is -0.215. The molecule has 2 N–H and O–H groups in total. The van der Waals surface area contributed by atoms with Crippen LogP contribution in [0.5, 0.6) is 5.88 Å². The molecule has 0 aliphatic heterocycles. The first kappa shape index (κ1) is 20.3. The number of fused-ring (bicyclic) bond motifs is 1. The van der Waals surface area contributed by atoms with E-state index in [4.69, 9.17) is 0 Å². The average Bonchev–Trinajstić information content (AvgIpc) is 2.67. The molecule has 0 aliphatic rings. The molecule has 1 amide bonds. The molecule has 0 saturated carbocycles. The van der Waals surface area contributed by atoms with E-state index in [0.717, 1.165) is 11.1 Å². The number of aryl methyl sites for hydroxylation is 2. The summed E-state index contributed by atoms with van der Waals surface area (Å²) < 4.78 is 1.27. The zero-order valence-electron chi connectivity index (χ0n) is 17.1. The number of rotatable bonds is 5.